The van der Waals surface area contributed by atoms with Crippen LogP contribution in [0.1, 0.15) is 19.3 Å². The minimum Gasteiger partial charge on any atom is -0.373 e. The maximum atomic E-state index is 13.4. The Kier molecular flexibility index (Phi) is 5.99. The lowest BCUT2D eigenvalue weighted by Crippen LogP contribution is -2.72. The Morgan fingerprint density at radius 3 is 1.29 bits per heavy atom. The van der Waals surface area contributed by atoms with Crippen molar-refractivity contribution in [2.75, 3.05) is 6.61 Å². The zero-order valence-corrected chi connectivity index (χ0v) is 13.0. The van der Waals surface area contributed by atoms with E-state index < -0.39 is 67.1 Å². The summed E-state index contributed by atoms with van der Waals surface area (Å²) in [6.07, 6.45) is -12.1. The highest BCUT2D eigenvalue weighted by atomic mass is 19.4. The van der Waals surface area contributed by atoms with E-state index in [2.05, 4.69) is 4.74 Å². The molecular weight excluding hydrogens is 445 g/mol. The maximum Gasteiger partial charge on any atom is 0.460 e. The second-order valence-corrected chi connectivity index (χ2v) is 5.92. The largest absolute Gasteiger partial charge is 0.460 e. The van der Waals surface area contributed by atoms with E-state index in [0.29, 0.717) is 0 Å². The average Bonchev–Trinajstić information content (AvgIpc) is 3.28. The first kappa shape index (κ1) is 24.9. The van der Waals surface area contributed by atoms with E-state index in [0.717, 1.165) is 0 Å². The van der Waals surface area contributed by atoms with Crippen LogP contribution in [-0.4, -0.2) is 54.4 Å². The Labute approximate surface area is 145 Å². The lowest BCUT2D eigenvalue weighted by Gasteiger charge is -2.41. The molecule has 0 radical (unpaired) electrons. The first-order valence-electron chi connectivity index (χ1n) is 7.03. The molecule has 1 heterocycles. The van der Waals surface area contributed by atoms with Gasteiger partial charge in [0.15, 0.2) is 0 Å². The molecule has 1 aliphatic rings. The van der Waals surface area contributed by atoms with Crippen molar-refractivity contribution >= 4 is 0 Å². The number of ether oxygens (including phenoxy) is 1. The smallest absolute Gasteiger partial charge is 0.373 e. The van der Waals surface area contributed by atoms with Gasteiger partial charge in [0.2, 0.25) is 0 Å². The van der Waals surface area contributed by atoms with E-state index in [9.17, 15) is 65.9 Å². The van der Waals surface area contributed by atoms with E-state index in [1.54, 1.807) is 0 Å². The Morgan fingerprint density at radius 1 is 0.571 bits per heavy atom. The first-order chi connectivity index (χ1) is 12.1. The van der Waals surface area contributed by atoms with Gasteiger partial charge in [0.1, 0.15) is 0 Å². The first-order valence-corrected chi connectivity index (χ1v) is 7.03. The van der Waals surface area contributed by atoms with Crippen molar-refractivity contribution in [3.05, 3.63) is 0 Å². The van der Waals surface area contributed by atoms with Crippen LogP contribution in [-0.2, 0) is 4.74 Å². The topological polar surface area (TPSA) is 12.5 Å². The molecule has 0 amide bonds. The van der Waals surface area contributed by atoms with Crippen LogP contribution in [0.25, 0.3) is 0 Å². The van der Waals surface area contributed by atoms with Crippen LogP contribution in [0.2, 0.25) is 0 Å². The van der Waals surface area contributed by atoms with E-state index in [1.165, 1.54) is 0 Å². The Morgan fingerprint density at radius 2 is 0.929 bits per heavy atom. The van der Waals surface area contributed by atoms with Crippen molar-refractivity contribution in [3.63, 3.8) is 0 Å². The minimum absolute atomic E-state index is 0.00502. The summed E-state index contributed by atoms with van der Waals surface area (Å²) in [4.78, 5) is 0. The molecule has 28 heavy (non-hydrogen) atoms. The maximum absolute atomic E-state index is 13.4. The third-order valence-electron chi connectivity index (χ3n) is 3.81. The van der Waals surface area contributed by atoms with Gasteiger partial charge < -0.3 is 4.74 Å². The van der Waals surface area contributed by atoms with Gasteiger partial charge in [0.25, 0.3) is 0 Å². The molecule has 1 aliphatic heterocycles. The third-order valence-corrected chi connectivity index (χ3v) is 3.81. The molecule has 0 N–H and O–H groups in total. The van der Waals surface area contributed by atoms with Crippen LogP contribution >= 0.6 is 0 Å². The molecule has 168 valence electrons. The van der Waals surface area contributed by atoms with Crippen LogP contribution in [0.4, 0.5) is 65.9 Å². The van der Waals surface area contributed by atoms with Gasteiger partial charge in [0.05, 0.1) is 12.7 Å². The van der Waals surface area contributed by atoms with Crippen LogP contribution in [0, 0.1) is 0 Å². The number of epoxide rings is 1. The van der Waals surface area contributed by atoms with Crippen LogP contribution in [0.3, 0.4) is 0 Å². The van der Waals surface area contributed by atoms with Crippen molar-refractivity contribution in [1.29, 1.82) is 0 Å². The number of rotatable bonds is 9. The summed E-state index contributed by atoms with van der Waals surface area (Å²) in [6, 6.07) is 0. The van der Waals surface area contributed by atoms with Crippen LogP contribution < -0.4 is 0 Å². The monoisotopic (exact) mass is 454 g/mol. The quantitative estimate of drug-likeness (QED) is 0.311. The molecule has 0 aliphatic carbocycles. The van der Waals surface area contributed by atoms with Crippen molar-refractivity contribution in [2.24, 2.45) is 0 Å². The number of hydrogen-bond donors (Lipinski definition) is 0. The van der Waals surface area contributed by atoms with Gasteiger partial charge in [-0.15, -0.1) is 0 Å². The molecule has 0 aromatic rings. The highest BCUT2D eigenvalue weighted by Crippen LogP contribution is 2.62. The molecule has 1 unspecified atom stereocenters. The standard InChI is InChI=1S/C12H9F15O/c13-6(14,3-1-2-5-4-28-5)7(15,16)8(17,18)9(19,20)10(21,22)11(23,24)12(25,26)27/h5H,1-4H2. The second-order valence-electron chi connectivity index (χ2n) is 5.92. The predicted molar refractivity (Wildman–Crippen MR) is 59.3 cm³/mol. The van der Waals surface area contributed by atoms with E-state index in [-0.39, 0.29) is 6.61 Å². The molecule has 0 aromatic carbocycles. The Hall–Kier alpha value is -1.09. The summed E-state index contributed by atoms with van der Waals surface area (Å²) in [5, 5.41) is 0. The van der Waals surface area contributed by atoms with Crippen molar-refractivity contribution in [1.82, 2.24) is 0 Å². The number of halogens is 15. The summed E-state index contributed by atoms with van der Waals surface area (Å²) in [7, 11) is 0. The Balaban J connectivity index is 3.27. The fraction of sp³-hybridized carbons (Fsp3) is 1.00. The molecule has 0 spiro atoms. The van der Waals surface area contributed by atoms with Gasteiger partial charge in [0, 0.05) is 6.42 Å². The zero-order valence-electron chi connectivity index (χ0n) is 13.0. The molecule has 1 nitrogen and oxygen atoms in total. The lowest BCUT2D eigenvalue weighted by molar-refractivity contribution is -0.452. The summed E-state index contributed by atoms with van der Waals surface area (Å²) in [5.74, 6) is -45.9. The van der Waals surface area contributed by atoms with Gasteiger partial charge in [-0.25, -0.2) is 0 Å². The molecule has 1 atom stereocenters. The predicted octanol–water partition coefficient (Wildman–Crippen LogP) is 5.93. The van der Waals surface area contributed by atoms with Gasteiger partial charge in [-0.2, -0.15) is 65.9 Å². The number of hydrogen-bond acceptors (Lipinski definition) is 1. The fourth-order valence-electron chi connectivity index (χ4n) is 1.94. The molecule has 0 bridgehead atoms. The molecular formula is C12H9F15O. The molecule has 16 heteroatoms. The minimum atomic E-state index is -8.22. The normalized spacial score (nSPS) is 20.5. The Bertz CT molecular complexity index is 560. The summed E-state index contributed by atoms with van der Waals surface area (Å²) >= 11 is 0. The highest BCUT2D eigenvalue weighted by Gasteiger charge is 2.93. The van der Waals surface area contributed by atoms with Gasteiger partial charge in [-0.3, -0.25) is 0 Å². The van der Waals surface area contributed by atoms with Crippen molar-refractivity contribution in [3.8, 4) is 0 Å². The molecule has 0 saturated carbocycles. The molecule has 1 rings (SSSR count). The third kappa shape index (κ3) is 3.60. The summed E-state index contributed by atoms with van der Waals surface area (Å²) in [5.41, 5.74) is 0. The molecule has 1 saturated heterocycles. The molecule has 0 aromatic heterocycles. The SMILES string of the molecule is FC(F)(F)C(F)(F)C(F)(F)C(F)(F)C(F)(F)C(F)(F)C(F)(F)CCCC1CO1. The van der Waals surface area contributed by atoms with Gasteiger partial charge in [-0.1, -0.05) is 0 Å². The van der Waals surface area contributed by atoms with E-state index in [1.807, 2.05) is 0 Å². The van der Waals surface area contributed by atoms with Crippen LogP contribution in [0.15, 0.2) is 0 Å². The van der Waals surface area contributed by atoms with Crippen molar-refractivity contribution in [2.45, 2.75) is 67.1 Å². The number of alkyl halides is 15. The van der Waals surface area contributed by atoms with E-state index in [4.69, 9.17) is 0 Å². The molecule has 1 fully saturated rings. The van der Waals surface area contributed by atoms with E-state index >= 15 is 0 Å². The fourth-order valence-corrected chi connectivity index (χ4v) is 1.94. The summed E-state index contributed by atoms with van der Waals surface area (Å²) in [6.45, 7) is -0.00502. The average molecular weight is 454 g/mol. The van der Waals surface area contributed by atoms with Crippen LogP contribution in [0.5, 0.6) is 0 Å². The highest BCUT2D eigenvalue weighted by molar-refractivity contribution is 5.12. The summed E-state index contributed by atoms with van der Waals surface area (Å²) < 4.78 is 198. The zero-order chi connectivity index (χ0) is 22.6. The van der Waals surface area contributed by atoms with Crippen molar-refractivity contribution < 1.29 is 70.6 Å². The lowest BCUT2D eigenvalue weighted by atomic mass is 9.89. The van der Waals surface area contributed by atoms with Gasteiger partial charge >= 0.3 is 41.7 Å². The van der Waals surface area contributed by atoms with Gasteiger partial charge in [-0.05, 0) is 12.8 Å². The second kappa shape index (κ2) is 6.72.